The Labute approximate surface area is 155 Å². The molecular formula is C17H11BrF3NO3S. The summed E-state index contributed by atoms with van der Waals surface area (Å²) < 4.78 is 70.9. The third-order valence-electron chi connectivity index (χ3n) is 3.67. The lowest BCUT2D eigenvalue weighted by Crippen LogP contribution is -2.03. The lowest BCUT2D eigenvalue weighted by atomic mass is 9.99. The van der Waals surface area contributed by atoms with Crippen molar-refractivity contribution in [2.45, 2.75) is 11.6 Å². The van der Waals surface area contributed by atoms with E-state index in [9.17, 15) is 21.6 Å². The van der Waals surface area contributed by atoms with E-state index in [4.69, 9.17) is 4.52 Å². The maximum atomic E-state index is 14.6. The average molecular weight is 446 g/mol. The highest BCUT2D eigenvalue weighted by Crippen LogP contribution is 2.38. The Morgan fingerprint density at radius 2 is 1.88 bits per heavy atom. The van der Waals surface area contributed by atoms with Gasteiger partial charge in [0.25, 0.3) is 0 Å². The molecule has 0 N–H and O–H groups in total. The quantitative estimate of drug-likeness (QED) is 0.571. The van der Waals surface area contributed by atoms with Gasteiger partial charge in [0.1, 0.15) is 22.2 Å². The van der Waals surface area contributed by atoms with E-state index in [0.29, 0.717) is 22.2 Å². The number of halogens is 4. The molecule has 0 aliphatic carbocycles. The van der Waals surface area contributed by atoms with Gasteiger partial charge in [-0.3, -0.25) is 0 Å². The Hall–Kier alpha value is -2.13. The van der Waals surface area contributed by atoms with Gasteiger partial charge in [-0.05, 0) is 24.3 Å². The van der Waals surface area contributed by atoms with Crippen LogP contribution in [0, 0.1) is 11.6 Å². The zero-order chi connectivity index (χ0) is 19.1. The zero-order valence-corrected chi connectivity index (χ0v) is 15.7. The Morgan fingerprint density at radius 1 is 1.15 bits per heavy atom. The lowest BCUT2D eigenvalue weighted by Gasteiger charge is -2.08. The molecule has 0 atom stereocenters. The first kappa shape index (κ1) is 18.7. The van der Waals surface area contributed by atoms with Gasteiger partial charge in [0.2, 0.25) is 0 Å². The summed E-state index contributed by atoms with van der Waals surface area (Å²) in [5.74, 6) is -2.46. The average Bonchev–Trinajstić information content (AvgIpc) is 2.99. The minimum Gasteiger partial charge on any atom is -0.357 e. The van der Waals surface area contributed by atoms with Gasteiger partial charge < -0.3 is 4.52 Å². The van der Waals surface area contributed by atoms with Crippen molar-refractivity contribution in [3.63, 3.8) is 0 Å². The number of sulfone groups is 1. The van der Waals surface area contributed by atoms with E-state index in [2.05, 4.69) is 21.1 Å². The van der Waals surface area contributed by atoms with Crippen molar-refractivity contribution in [2.24, 2.45) is 0 Å². The molecular weight excluding hydrogens is 435 g/mol. The lowest BCUT2D eigenvalue weighted by molar-refractivity contribution is 0.332. The van der Waals surface area contributed by atoms with Crippen LogP contribution >= 0.6 is 15.9 Å². The summed E-state index contributed by atoms with van der Waals surface area (Å²) in [5.41, 5.74) is 0.204. The van der Waals surface area contributed by atoms with E-state index < -0.39 is 33.0 Å². The van der Waals surface area contributed by atoms with E-state index in [1.807, 2.05) is 0 Å². The van der Waals surface area contributed by atoms with Crippen LogP contribution in [0.4, 0.5) is 13.2 Å². The second kappa shape index (κ2) is 6.88. The standard InChI is InChI=1S/C17H11BrF3NO3S/c1-26(23,24)15-7-12(20)11(6-13(15)21)16-14(8-19)25-22-17(16)9-3-2-4-10(18)5-9/h2-7H,8H2,1H3. The Kier molecular flexibility index (Phi) is 4.94. The van der Waals surface area contributed by atoms with Crippen LogP contribution in [0.1, 0.15) is 5.76 Å². The molecule has 4 nitrogen and oxygen atoms in total. The Balaban J connectivity index is 2.28. The van der Waals surface area contributed by atoms with Crippen molar-refractivity contribution in [1.82, 2.24) is 5.16 Å². The maximum absolute atomic E-state index is 14.6. The van der Waals surface area contributed by atoms with Crippen molar-refractivity contribution < 1.29 is 26.1 Å². The van der Waals surface area contributed by atoms with Gasteiger partial charge in [-0.15, -0.1) is 0 Å². The summed E-state index contributed by atoms with van der Waals surface area (Å²) in [6.07, 6.45) is 0.768. The van der Waals surface area contributed by atoms with E-state index >= 15 is 0 Å². The first-order valence-corrected chi connectivity index (χ1v) is 9.90. The minimum atomic E-state index is -3.96. The monoisotopic (exact) mass is 445 g/mol. The number of hydrogen-bond acceptors (Lipinski definition) is 4. The second-order valence-electron chi connectivity index (χ2n) is 5.51. The molecule has 1 heterocycles. The van der Waals surface area contributed by atoms with Crippen LogP contribution < -0.4 is 0 Å². The summed E-state index contributed by atoms with van der Waals surface area (Å²) in [6.45, 7) is -1.09. The molecule has 1 aromatic heterocycles. The molecule has 0 saturated heterocycles. The predicted molar refractivity (Wildman–Crippen MR) is 92.9 cm³/mol. The minimum absolute atomic E-state index is 0.0675. The fourth-order valence-electron chi connectivity index (χ4n) is 2.53. The molecule has 3 aromatic rings. The number of rotatable bonds is 4. The normalized spacial score (nSPS) is 11.7. The Morgan fingerprint density at radius 3 is 2.50 bits per heavy atom. The third-order valence-corrected chi connectivity index (χ3v) is 5.28. The molecule has 0 bridgehead atoms. The molecule has 0 unspecified atom stereocenters. The molecule has 136 valence electrons. The van der Waals surface area contributed by atoms with Crippen molar-refractivity contribution in [3.8, 4) is 22.4 Å². The van der Waals surface area contributed by atoms with Crippen molar-refractivity contribution in [3.05, 3.63) is 58.3 Å². The molecule has 0 aliphatic heterocycles. The highest BCUT2D eigenvalue weighted by atomic mass is 79.9. The van der Waals surface area contributed by atoms with Crippen LogP contribution in [0.5, 0.6) is 0 Å². The van der Waals surface area contributed by atoms with E-state index in [-0.39, 0.29) is 22.6 Å². The Bertz CT molecular complexity index is 1100. The van der Waals surface area contributed by atoms with Crippen LogP contribution in [0.25, 0.3) is 22.4 Å². The van der Waals surface area contributed by atoms with Gasteiger partial charge in [0, 0.05) is 21.9 Å². The molecule has 0 amide bonds. The number of nitrogens with zero attached hydrogens (tertiary/aromatic N) is 1. The summed E-state index contributed by atoms with van der Waals surface area (Å²) in [6, 6.07) is 8.02. The maximum Gasteiger partial charge on any atom is 0.178 e. The van der Waals surface area contributed by atoms with Crippen LogP contribution in [0.2, 0.25) is 0 Å². The van der Waals surface area contributed by atoms with Gasteiger partial charge in [-0.1, -0.05) is 33.2 Å². The highest BCUT2D eigenvalue weighted by molar-refractivity contribution is 9.10. The largest absolute Gasteiger partial charge is 0.357 e. The van der Waals surface area contributed by atoms with Crippen molar-refractivity contribution in [1.29, 1.82) is 0 Å². The molecule has 0 fully saturated rings. The number of alkyl halides is 1. The van der Waals surface area contributed by atoms with Crippen molar-refractivity contribution >= 4 is 25.8 Å². The van der Waals surface area contributed by atoms with Gasteiger partial charge in [0.15, 0.2) is 22.3 Å². The van der Waals surface area contributed by atoms with Gasteiger partial charge in [0.05, 0.1) is 5.56 Å². The first-order chi connectivity index (χ1) is 12.2. The summed E-state index contributed by atoms with van der Waals surface area (Å²) >= 11 is 3.29. The van der Waals surface area contributed by atoms with Crippen LogP contribution in [0.15, 0.2) is 50.3 Å². The third kappa shape index (κ3) is 3.41. The highest BCUT2D eigenvalue weighted by Gasteiger charge is 2.25. The number of hydrogen-bond donors (Lipinski definition) is 0. The molecule has 0 aliphatic rings. The fraction of sp³-hybridized carbons (Fsp3) is 0.118. The van der Waals surface area contributed by atoms with E-state index in [1.54, 1.807) is 24.3 Å². The molecule has 9 heteroatoms. The topological polar surface area (TPSA) is 60.2 Å². The molecule has 0 saturated carbocycles. The number of aromatic nitrogens is 1. The van der Waals surface area contributed by atoms with Gasteiger partial charge >= 0.3 is 0 Å². The molecule has 0 spiro atoms. The summed E-state index contributed by atoms with van der Waals surface area (Å²) in [4.78, 5) is -0.777. The molecule has 2 aromatic carbocycles. The number of benzene rings is 2. The van der Waals surface area contributed by atoms with E-state index in [0.717, 1.165) is 6.26 Å². The molecule has 3 rings (SSSR count). The molecule has 26 heavy (non-hydrogen) atoms. The van der Waals surface area contributed by atoms with Crippen LogP contribution in [-0.2, 0) is 16.5 Å². The molecule has 0 radical (unpaired) electrons. The SMILES string of the molecule is CS(=O)(=O)c1cc(F)c(-c2c(-c3cccc(Br)c3)noc2CF)cc1F. The summed E-state index contributed by atoms with van der Waals surface area (Å²) in [5, 5.41) is 3.77. The first-order valence-electron chi connectivity index (χ1n) is 7.22. The summed E-state index contributed by atoms with van der Waals surface area (Å²) in [7, 11) is -3.96. The zero-order valence-electron chi connectivity index (χ0n) is 13.3. The second-order valence-corrected chi connectivity index (χ2v) is 8.41. The van der Waals surface area contributed by atoms with Crippen molar-refractivity contribution in [2.75, 3.05) is 6.26 Å². The van der Waals surface area contributed by atoms with Crippen LogP contribution in [-0.4, -0.2) is 19.8 Å². The predicted octanol–water partition coefficient (Wildman–Crippen LogP) is 4.92. The van der Waals surface area contributed by atoms with Crippen LogP contribution in [0.3, 0.4) is 0 Å². The van der Waals surface area contributed by atoms with E-state index in [1.165, 1.54) is 0 Å². The smallest absolute Gasteiger partial charge is 0.178 e. The van der Waals surface area contributed by atoms with Gasteiger partial charge in [-0.25, -0.2) is 21.6 Å². The van der Waals surface area contributed by atoms with Gasteiger partial charge in [-0.2, -0.15) is 0 Å². The fourth-order valence-corrected chi connectivity index (χ4v) is 3.66.